The summed E-state index contributed by atoms with van der Waals surface area (Å²) in [5.41, 5.74) is 4.94. The summed E-state index contributed by atoms with van der Waals surface area (Å²) in [5.74, 6) is 0. The van der Waals surface area contributed by atoms with Crippen LogP contribution in [0.3, 0.4) is 0 Å². The van der Waals surface area contributed by atoms with E-state index in [0.29, 0.717) is 0 Å². The van der Waals surface area contributed by atoms with Crippen molar-refractivity contribution in [3.05, 3.63) is 16.5 Å². The molecule has 0 saturated heterocycles. The number of anilines is 1. The molecule has 0 aliphatic rings. The van der Waals surface area contributed by atoms with Crippen LogP contribution < -0.4 is 11.1 Å². The Balaban J connectivity index is 2.77. The Labute approximate surface area is 63.0 Å². The van der Waals surface area contributed by atoms with Gasteiger partial charge >= 0.3 is 0 Å². The van der Waals surface area contributed by atoms with Crippen LogP contribution in [0.5, 0.6) is 0 Å². The van der Waals surface area contributed by atoms with Crippen molar-refractivity contribution >= 4 is 16.3 Å². The van der Waals surface area contributed by atoms with Crippen LogP contribution in [0.25, 0.3) is 0 Å². The van der Waals surface area contributed by atoms with Gasteiger partial charge in [0.05, 0.1) is 0 Å². The number of halogens is 1. The van der Waals surface area contributed by atoms with E-state index < -0.39 is 0 Å². The molecule has 0 bridgehead atoms. The van der Waals surface area contributed by atoms with E-state index in [9.17, 15) is 4.48 Å². The number of nitrogens with one attached hydrogen (secondary N) is 2. The number of rotatable bonds is 2. The number of hydrazine groups is 1. The first-order chi connectivity index (χ1) is 4.74. The minimum atomic E-state index is 0.803. The maximum atomic E-state index is 11.5. The number of hydrogen-bond donors (Lipinski definition) is 2. The zero-order valence-electron chi connectivity index (χ0n) is 5.86. The average Bonchev–Trinajstić information content (AvgIpc) is 2.14. The van der Waals surface area contributed by atoms with Crippen LogP contribution in [0.15, 0.2) is 6.07 Å². The van der Waals surface area contributed by atoms with Crippen molar-refractivity contribution in [2.45, 2.75) is 13.8 Å². The van der Waals surface area contributed by atoms with E-state index in [-0.39, 0.29) is 0 Å². The van der Waals surface area contributed by atoms with Crippen LogP contribution in [0.4, 0.5) is 9.48 Å². The molecule has 0 unspecified atom stereocenters. The molecular formula is C6H9FN2S. The van der Waals surface area contributed by atoms with Crippen LogP contribution in [0, 0.1) is 13.8 Å². The van der Waals surface area contributed by atoms with Crippen molar-refractivity contribution in [2.24, 2.45) is 0 Å². The highest BCUT2D eigenvalue weighted by atomic mass is 32.1. The lowest BCUT2D eigenvalue weighted by Crippen LogP contribution is -2.07. The standard InChI is InChI=1S/C6H9FN2S/c1-4-3-6(8-9-7)10-5(4)2/h3,8-9H,1-2H3. The van der Waals surface area contributed by atoms with Crippen molar-refractivity contribution in [1.29, 1.82) is 0 Å². The Hall–Kier alpha value is -0.610. The van der Waals surface area contributed by atoms with Crippen LogP contribution in [-0.2, 0) is 0 Å². The summed E-state index contributed by atoms with van der Waals surface area (Å²) in [6.45, 7) is 4.00. The van der Waals surface area contributed by atoms with Gasteiger partial charge in [0.1, 0.15) is 5.00 Å². The fraction of sp³-hybridized carbons (Fsp3) is 0.333. The van der Waals surface area contributed by atoms with Crippen LogP contribution in [0.1, 0.15) is 10.4 Å². The first-order valence-corrected chi connectivity index (χ1v) is 3.74. The molecule has 0 spiro atoms. The van der Waals surface area contributed by atoms with E-state index >= 15 is 0 Å². The monoisotopic (exact) mass is 160 g/mol. The average molecular weight is 160 g/mol. The van der Waals surface area contributed by atoms with Gasteiger partial charge in [-0.15, -0.1) is 15.8 Å². The van der Waals surface area contributed by atoms with E-state index in [1.54, 1.807) is 0 Å². The molecular weight excluding hydrogens is 151 g/mol. The molecule has 0 fully saturated rings. The van der Waals surface area contributed by atoms with Crippen LogP contribution in [0.2, 0.25) is 0 Å². The van der Waals surface area contributed by atoms with E-state index in [1.807, 2.05) is 19.9 Å². The number of hydrogen-bond acceptors (Lipinski definition) is 3. The highest BCUT2D eigenvalue weighted by molar-refractivity contribution is 7.16. The van der Waals surface area contributed by atoms with E-state index in [2.05, 4.69) is 5.43 Å². The van der Waals surface area contributed by atoms with Gasteiger partial charge in [-0.2, -0.15) is 0 Å². The smallest absolute Gasteiger partial charge is 0.105 e. The maximum Gasteiger partial charge on any atom is 0.105 e. The lowest BCUT2D eigenvalue weighted by Gasteiger charge is -1.92. The van der Waals surface area contributed by atoms with Gasteiger partial charge in [-0.3, -0.25) is 5.43 Å². The summed E-state index contributed by atoms with van der Waals surface area (Å²) in [6, 6.07) is 1.90. The van der Waals surface area contributed by atoms with Crippen molar-refractivity contribution in [3.8, 4) is 0 Å². The molecule has 1 aromatic heterocycles. The molecule has 1 aromatic rings. The lowest BCUT2D eigenvalue weighted by molar-refractivity contribution is 0.377. The third-order valence-corrected chi connectivity index (χ3v) is 2.40. The summed E-state index contributed by atoms with van der Waals surface area (Å²) in [6.07, 6.45) is 0. The van der Waals surface area contributed by atoms with Crippen LogP contribution >= 0.6 is 11.3 Å². The van der Waals surface area contributed by atoms with Gasteiger partial charge in [0.2, 0.25) is 0 Å². The number of thiophene rings is 1. The SMILES string of the molecule is Cc1cc(NNF)sc1C. The Morgan fingerprint density at radius 3 is 2.60 bits per heavy atom. The Morgan fingerprint density at radius 1 is 1.50 bits per heavy atom. The van der Waals surface area contributed by atoms with Gasteiger partial charge in [-0.25, -0.2) is 0 Å². The van der Waals surface area contributed by atoms with Crippen molar-refractivity contribution in [3.63, 3.8) is 0 Å². The third-order valence-electron chi connectivity index (χ3n) is 1.34. The topological polar surface area (TPSA) is 24.1 Å². The summed E-state index contributed by atoms with van der Waals surface area (Å²) in [4.78, 5) is 1.21. The van der Waals surface area contributed by atoms with Gasteiger partial charge in [0, 0.05) is 4.88 Å². The van der Waals surface area contributed by atoms with Crippen molar-refractivity contribution in [1.82, 2.24) is 5.65 Å². The molecule has 0 atom stereocenters. The molecule has 1 rings (SSSR count). The second kappa shape index (κ2) is 2.98. The molecule has 0 saturated carbocycles. The second-order valence-electron chi connectivity index (χ2n) is 2.07. The molecule has 4 heteroatoms. The molecule has 56 valence electrons. The third kappa shape index (κ3) is 1.46. The predicted molar refractivity (Wildman–Crippen MR) is 41.7 cm³/mol. The summed E-state index contributed by atoms with van der Waals surface area (Å²) < 4.78 is 11.5. The fourth-order valence-corrected chi connectivity index (χ4v) is 1.56. The molecule has 0 radical (unpaired) electrons. The number of aryl methyl sites for hydroxylation is 2. The second-order valence-corrected chi connectivity index (χ2v) is 3.33. The van der Waals surface area contributed by atoms with E-state index in [1.165, 1.54) is 27.4 Å². The highest BCUT2D eigenvalue weighted by Crippen LogP contribution is 2.24. The molecule has 1 heterocycles. The molecule has 0 aromatic carbocycles. The van der Waals surface area contributed by atoms with Crippen molar-refractivity contribution in [2.75, 3.05) is 5.43 Å². The molecule has 2 nitrogen and oxygen atoms in total. The highest BCUT2D eigenvalue weighted by Gasteiger charge is 1.98. The van der Waals surface area contributed by atoms with Gasteiger partial charge in [-0.1, -0.05) is 5.65 Å². The summed E-state index contributed by atoms with van der Waals surface area (Å²) in [7, 11) is 0. The van der Waals surface area contributed by atoms with E-state index in [4.69, 9.17) is 0 Å². The zero-order valence-corrected chi connectivity index (χ0v) is 6.68. The van der Waals surface area contributed by atoms with Crippen LogP contribution in [-0.4, -0.2) is 0 Å². The minimum absolute atomic E-state index is 0.803. The summed E-state index contributed by atoms with van der Waals surface area (Å²) >= 11 is 1.53. The fourth-order valence-electron chi connectivity index (χ4n) is 0.681. The quantitative estimate of drug-likeness (QED) is 0.511. The van der Waals surface area contributed by atoms with Gasteiger partial charge in [0.25, 0.3) is 0 Å². The summed E-state index contributed by atoms with van der Waals surface area (Å²) in [5, 5.41) is 0.803. The lowest BCUT2D eigenvalue weighted by atomic mass is 10.3. The maximum absolute atomic E-state index is 11.5. The zero-order chi connectivity index (χ0) is 7.56. The van der Waals surface area contributed by atoms with Gasteiger partial charge < -0.3 is 0 Å². The molecule has 0 aliphatic carbocycles. The van der Waals surface area contributed by atoms with Crippen molar-refractivity contribution < 1.29 is 4.48 Å². The van der Waals surface area contributed by atoms with E-state index in [0.717, 1.165) is 5.00 Å². The molecule has 2 N–H and O–H groups in total. The Kier molecular flexibility index (Phi) is 2.24. The van der Waals surface area contributed by atoms with Gasteiger partial charge in [0.15, 0.2) is 0 Å². The normalized spacial score (nSPS) is 9.90. The molecule has 0 amide bonds. The molecule has 10 heavy (non-hydrogen) atoms. The Morgan fingerprint density at radius 2 is 2.20 bits per heavy atom. The molecule has 0 aliphatic heterocycles. The Bertz CT molecular complexity index is 202. The van der Waals surface area contributed by atoms with Gasteiger partial charge in [-0.05, 0) is 25.5 Å². The predicted octanol–water partition coefficient (Wildman–Crippen LogP) is 2.17. The first kappa shape index (κ1) is 7.50. The first-order valence-electron chi connectivity index (χ1n) is 2.92. The largest absolute Gasteiger partial charge is 0.285 e. The minimum Gasteiger partial charge on any atom is -0.285 e.